The van der Waals surface area contributed by atoms with Crippen LogP contribution in [0.5, 0.6) is 0 Å². The maximum absolute atomic E-state index is 12.3. The lowest BCUT2D eigenvalue weighted by molar-refractivity contribution is 0.601. The Morgan fingerprint density at radius 2 is 1.84 bits per heavy atom. The number of hydrogen-bond acceptors (Lipinski definition) is 3. The highest BCUT2D eigenvalue weighted by molar-refractivity contribution is 7.92. The summed E-state index contributed by atoms with van der Waals surface area (Å²) in [6.07, 6.45) is 0.883. The van der Waals surface area contributed by atoms with E-state index in [2.05, 4.69) is 14.9 Å². The molecule has 0 aliphatic heterocycles. The van der Waals surface area contributed by atoms with E-state index in [1.54, 1.807) is 26.0 Å². The van der Waals surface area contributed by atoms with Gasteiger partial charge in [0.25, 0.3) is 10.0 Å². The van der Waals surface area contributed by atoms with Crippen molar-refractivity contribution in [2.45, 2.75) is 32.1 Å². The molecule has 0 spiro atoms. The molecule has 0 aliphatic carbocycles. The van der Waals surface area contributed by atoms with Gasteiger partial charge in [-0.05, 0) is 38.0 Å². The SMILES string of the molecule is CCc1ccc(S(=O)(=O)Nc2c(C)n[nH]c2C)cc1. The Morgan fingerprint density at radius 1 is 1.21 bits per heavy atom. The maximum Gasteiger partial charge on any atom is 0.262 e. The van der Waals surface area contributed by atoms with E-state index >= 15 is 0 Å². The summed E-state index contributed by atoms with van der Waals surface area (Å²) in [5.74, 6) is 0. The molecule has 0 unspecified atom stereocenters. The highest BCUT2D eigenvalue weighted by Gasteiger charge is 2.17. The van der Waals surface area contributed by atoms with Crippen molar-refractivity contribution < 1.29 is 8.42 Å². The van der Waals surface area contributed by atoms with E-state index in [9.17, 15) is 8.42 Å². The molecule has 0 atom stereocenters. The summed E-state index contributed by atoms with van der Waals surface area (Å²) in [6, 6.07) is 6.88. The molecule has 0 radical (unpaired) electrons. The van der Waals surface area contributed by atoms with Gasteiger partial charge in [0.05, 0.1) is 22.0 Å². The van der Waals surface area contributed by atoms with Gasteiger partial charge >= 0.3 is 0 Å². The molecule has 0 saturated carbocycles. The van der Waals surface area contributed by atoms with Gasteiger partial charge < -0.3 is 0 Å². The normalized spacial score (nSPS) is 11.5. The predicted molar refractivity (Wildman–Crippen MR) is 74.7 cm³/mol. The smallest absolute Gasteiger partial charge is 0.262 e. The van der Waals surface area contributed by atoms with Gasteiger partial charge in [0.1, 0.15) is 0 Å². The third-order valence-electron chi connectivity index (χ3n) is 3.01. The van der Waals surface area contributed by atoms with Crippen molar-refractivity contribution in [3.8, 4) is 0 Å². The summed E-state index contributed by atoms with van der Waals surface area (Å²) in [4.78, 5) is 0.254. The highest BCUT2D eigenvalue weighted by atomic mass is 32.2. The molecule has 19 heavy (non-hydrogen) atoms. The lowest BCUT2D eigenvalue weighted by atomic mass is 10.2. The first-order chi connectivity index (χ1) is 8.94. The topological polar surface area (TPSA) is 74.8 Å². The molecule has 6 heteroatoms. The van der Waals surface area contributed by atoms with E-state index < -0.39 is 10.0 Å². The third-order valence-corrected chi connectivity index (χ3v) is 4.37. The first-order valence-electron chi connectivity index (χ1n) is 6.07. The first kappa shape index (κ1) is 13.6. The minimum absolute atomic E-state index is 0.254. The number of aromatic nitrogens is 2. The minimum Gasteiger partial charge on any atom is -0.280 e. The van der Waals surface area contributed by atoms with Crippen LogP contribution in [0.2, 0.25) is 0 Å². The number of anilines is 1. The van der Waals surface area contributed by atoms with Crippen LogP contribution >= 0.6 is 0 Å². The Hall–Kier alpha value is -1.82. The van der Waals surface area contributed by atoms with Crippen LogP contribution in [-0.2, 0) is 16.4 Å². The predicted octanol–water partition coefficient (Wildman–Crippen LogP) is 2.39. The summed E-state index contributed by atoms with van der Waals surface area (Å²) < 4.78 is 27.1. The molecule has 0 saturated heterocycles. The van der Waals surface area contributed by atoms with Crippen LogP contribution in [0.4, 0.5) is 5.69 Å². The molecule has 0 amide bonds. The fraction of sp³-hybridized carbons (Fsp3) is 0.308. The Labute approximate surface area is 113 Å². The molecule has 0 bridgehead atoms. The van der Waals surface area contributed by atoms with E-state index in [0.29, 0.717) is 17.1 Å². The molecule has 102 valence electrons. The number of rotatable bonds is 4. The molecule has 2 rings (SSSR count). The van der Waals surface area contributed by atoms with Gasteiger partial charge in [0, 0.05) is 0 Å². The number of nitrogens with zero attached hydrogens (tertiary/aromatic N) is 1. The summed E-state index contributed by atoms with van der Waals surface area (Å²) in [7, 11) is -3.56. The summed E-state index contributed by atoms with van der Waals surface area (Å²) >= 11 is 0. The first-order valence-corrected chi connectivity index (χ1v) is 7.55. The van der Waals surface area contributed by atoms with Gasteiger partial charge in [0.2, 0.25) is 0 Å². The molecular formula is C13H17N3O2S. The molecule has 0 aliphatic rings. The monoisotopic (exact) mass is 279 g/mol. The van der Waals surface area contributed by atoms with Crippen LogP contribution in [0.25, 0.3) is 0 Å². The molecule has 1 aromatic carbocycles. The van der Waals surface area contributed by atoms with Crippen molar-refractivity contribution in [3.05, 3.63) is 41.2 Å². The van der Waals surface area contributed by atoms with E-state index in [4.69, 9.17) is 0 Å². The van der Waals surface area contributed by atoms with Crippen LogP contribution in [0.1, 0.15) is 23.9 Å². The zero-order chi connectivity index (χ0) is 14.0. The molecular weight excluding hydrogens is 262 g/mol. The summed E-state index contributed by atoms with van der Waals surface area (Å²) in [6.45, 7) is 5.56. The summed E-state index contributed by atoms with van der Waals surface area (Å²) in [5.41, 5.74) is 2.95. The van der Waals surface area contributed by atoms with Crippen LogP contribution < -0.4 is 4.72 Å². The molecule has 1 heterocycles. The van der Waals surface area contributed by atoms with Gasteiger partial charge in [0.15, 0.2) is 0 Å². The number of sulfonamides is 1. The molecule has 2 aromatic rings. The quantitative estimate of drug-likeness (QED) is 0.902. The minimum atomic E-state index is -3.56. The fourth-order valence-electron chi connectivity index (χ4n) is 1.80. The number of benzene rings is 1. The fourth-order valence-corrected chi connectivity index (χ4v) is 2.98. The maximum atomic E-state index is 12.3. The average molecular weight is 279 g/mol. The van der Waals surface area contributed by atoms with Crippen LogP contribution in [0, 0.1) is 13.8 Å². The van der Waals surface area contributed by atoms with Gasteiger partial charge in [-0.2, -0.15) is 5.10 Å². The van der Waals surface area contributed by atoms with Crippen molar-refractivity contribution in [2.75, 3.05) is 4.72 Å². The van der Waals surface area contributed by atoms with Gasteiger partial charge in [-0.3, -0.25) is 9.82 Å². The molecule has 1 aromatic heterocycles. The second-order valence-electron chi connectivity index (χ2n) is 4.41. The van der Waals surface area contributed by atoms with E-state index in [-0.39, 0.29) is 4.90 Å². The van der Waals surface area contributed by atoms with Crippen molar-refractivity contribution in [2.24, 2.45) is 0 Å². The Bertz CT molecular complexity index is 653. The number of nitrogens with one attached hydrogen (secondary N) is 2. The van der Waals surface area contributed by atoms with Gasteiger partial charge in [-0.25, -0.2) is 8.42 Å². The zero-order valence-corrected chi connectivity index (χ0v) is 12.0. The second-order valence-corrected chi connectivity index (χ2v) is 6.09. The van der Waals surface area contributed by atoms with Crippen LogP contribution in [0.3, 0.4) is 0 Å². The van der Waals surface area contributed by atoms with Crippen molar-refractivity contribution >= 4 is 15.7 Å². The Balaban J connectivity index is 2.32. The number of H-pyrrole nitrogens is 1. The number of hydrogen-bond donors (Lipinski definition) is 2. The standard InChI is InChI=1S/C13H17N3O2S/c1-4-11-5-7-12(8-6-11)19(17,18)16-13-9(2)14-15-10(13)3/h5-8,16H,4H2,1-3H3,(H,14,15). The van der Waals surface area contributed by atoms with Crippen molar-refractivity contribution in [3.63, 3.8) is 0 Å². The zero-order valence-electron chi connectivity index (χ0n) is 11.2. The average Bonchev–Trinajstić information content (AvgIpc) is 2.70. The van der Waals surface area contributed by atoms with E-state index in [1.807, 2.05) is 19.1 Å². The molecule has 2 N–H and O–H groups in total. The van der Waals surface area contributed by atoms with Gasteiger partial charge in [-0.1, -0.05) is 19.1 Å². The highest BCUT2D eigenvalue weighted by Crippen LogP contribution is 2.21. The van der Waals surface area contributed by atoms with Crippen molar-refractivity contribution in [1.29, 1.82) is 0 Å². The van der Waals surface area contributed by atoms with Crippen molar-refractivity contribution in [1.82, 2.24) is 10.2 Å². The second kappa shape index (κ2) is 5.05. The van der Waals surface area contributed by atoms with Crippen LogP contribution in [-0.4, -0.2) is 18.6 Å². The molecule has 5 nitrogen and oxygen atoms in total. The van der Waals surface area contributed by atoms with E-state index in [0.717, 1.165) is 12.0 Å². The number of aryl methyl sites for hydroxylation is 3. The lowest BCUT2D eigenvalue weighted by Gasteiger charge is -2.08. The van der Waals surface area contributed by atoms with E-state index in [1.165, 1.54) is 0 Å². The lowest BCUT2D eigenvalue weighted by Crippen LogP contribution is -2.14. The largest absolute Gasteiger partial charge is 0.280 e. The number of aromatic amines is 1. The Morgan fingerprint density at radius 3 is 2.32 bits per heavy atom. The van der Waals surface area contributed by atoms with Gasteiger partial charge in [-0.15, -0.1) is 0 Å². The van der Waals surface area contributed by atoms with Crippen LogP contribution in [0.15, 0.2) is 29.2 Å². The molecule has 0 fully saturated rings. The Kier molecular flexibility index (Phi) is 3.61. The summed E-state index contributed by atoms with van der Waals surface area (Å²) in [5, 5.41) is 6.72. The third kappa shape index (κ3) is 2.78.